The Morgan fingerprint density at radius 3 is 2.67 bits per heavy atom. The van der Waals surface area contributed by atoms with Crippen LogP contribution in [0.1, 0.15) is 5.56 Å². The van der Waals surface area contributed by atoms with E-state index < -0.39 is 12.2 Å². The molecule has 0 saturated carbocycles. The van der Waals surface area contributed by atoms with Crippen molar-refractivity contribution in [3.8, 4) is 0 Å². The highest BCUT2D eigenvalue weighted by atomic mass is 16.6. The Morgan fingerprint density at radius 1 is 1.33 bits per heavy atom. The molecule has 3 nitrogen and oxygen atoms in total. The molecule has 0 radical (unpaired) electrons. The van der Waals surface area contributed by atoms with Gasteiger partial charge in [0.1, 0.15) is 6.10 Å². The van der Waals surface area contributed by atoms with Crippen molar-refractivity contribution in [3.63, 3.8) is 0 Å². The predicted molar refractivity (Wildman–Crippen MR) is 55.2 cm³/mol. The molecule has 3 heteroatoms. The molecule has 15 heavy (non-hydrogen) atoms. The number of aliphatic hydroxyl groups excluding tert-OH is 1. The molecular weight excluding hydrogens is 192 g/mol. The molecule has 1 aliphatic heterocycles. The van der Waals surface area contributed by atoms with Crippen LogP contribution in [0.2, 0.25) is 0 Å². The number of benzene rings is 1. The van der Waals surface area contributed by atoms with Crippen LogP contribution in [0, 0.1) is 0 Å². The van der Waals surface area contributed by atoms with Crippen LogP contribution in [0.25, 0.3) is 0 Å². The van der Waals surface area contributed by atoms with Crippen LogP contribution in [0.3, 0.4) is 0 Å². The van der Waals surface area contributed by atoms with Crippen LogP contribution >= 0.6 is 0 Å². The second-order valence-corrected chi connectivity index (χ2v) is 3.52. The number of ether oxygens (including phenoxy) is 1. The maximum absolute atomic E-state index is 10.8. The zero-order valence-electron chi connectivity index (χ0n) is 8.17. The third-order valence-electron chi connectivity index (χ3n) is 2.34. The van der Waals surface area contributed by atoms with E-state index in [1.807, 2.05) is 30.3 Å². The number of carbonyl (C=O) groups excluding carboxylic acids is 1. The summed E-state index contributed by atoms with van der Waals surface area (Å²) >= 11 is 0. The Morgan fingerprint density at radius 2 is 2.07 bits per heavy atom. The standard InChI is InChI=1S/C12H12O3/c13-10(11-6-7-12(14)15-11)8-9-4-2-1-3-5-9/h1-7,10-11,13H,8H2/t10-,11+/m1/s1. The summed E-state index contributed by atoms with van der Waals surface area (Å²) in [7, 11) is 0. The normalized spacial score (nSPS) is 21.4. The smallest absolute Gasteiger partial charge is 0.331 e. The molecule has 1 aromatic rings. The number of rotatable bonds is 3. The van der Waals surface area contributed by atoms with Crippen LogP contribution in [-0.2, 0) is 16.0 Å². The lowest BCUT2D eigenvalue weighted by molar-refractivity contribution is -0.142. The summed E-state index contributed by atoms with van der Waals surface area (Å²) in [6.45, 7) is 0. The molecule has 1 aliphatic rings. The largest absolute Gasteiger partial charge is 0.452 e. The summed E-state index contributed by atoms with van der Waals surface area (Å²) in [5.74, 6) is -0.382. The Balaban J connectivity index is 1.96. The Hall–Kier alpha value is -1.61. The Bertz CT molecular complexity index is 370. The summed E-state index contributed by atoms with van der Waals surface area (Å²) in [6, 6.07) is 9.62. The van der Waals surface area contributed by atoms with E-state index in [4.69, 9.17) is 4.74 Å². The number of hydrogen-bond acceptors (Lipinski definition) is 3. The van der Waals surface area contributed by atoms with Crippen LogP contribution < -0.4 is 0 Å². The van der Waals surface area contributed by atoms with Crippen LogP contribution in [0.15, 0.2) is 42.5 Å². The zero-order valence-corrected chi connectivity index (χ0v) is 8.17. The van der Waals surface area contributed by atoms with Crippen molar-refractivity contribution >= 4 is 5.97 Å². The molecule has 0 saturated heterocycles. The molecule has 0 spiro atoms. The van der Waals surface area contributed by atoms with Gasteiger partial charge < -0.3 is 9.84 Å². The van der Waals surface area contributed by atoms with Crippen molar-refractivity contribution in [2.24, 2.45) is 0 Å². The quantitative estimate of drug-likeness (QED) is 0.749. The van der Waals surface area contributed by atoms with Gasteiger partial charge in [0.05, 0.1) is 6.10 Å². The Labute approximate surface area is 88.0 Å². The molecule has 0 bridgehead atoms. The monoisotopic (exact) mass is 204 g/mol. The first-order valence-electron chi connectivity index (χ1n) is 4.86. The second kappa shape index (κ2) is 4.28. The summed E-state index contributed by atoms with van der Waals surface area (Å²) < 4.78 is 4.90. The van der Waals surface area contributed by atoms with Gasteiger partial charge in [-0.25, -0.2) is 4.79 Å². The van der Waals surface area contributed by atoms with Crippen molar-refractivity contribution in [2.75, 3.05) is 0 Å². The first-order chi connectivity index (χ1) is 7.25. The summed E-state index contributed by atoms with van der Waals surface area (Å²) in [6.07, 6.45) is 2.26. The minimum atomic E-state index is -0.671. The average molecular weight is 204 g/mol. The van der Waals surface area contributed by atoms with Gasteiger partial charge in [-0.15, -0.1) is 0 Å². The number of cyclic esters (lactones) is 1. The fourth-order valence-corrected chi connectivity index (χ4v) is 1.56. The van der Waals surface area contributed by atoms with E-state index in [9.17, 15) is 9.90 Å². The van der Waals surface area contributed by atoms with Gasteiger partial charge in [0, 0.05) is 12.5 Å². The average Bonchev–Trinajstić information content (AvgIpc) is 2.66. The van der Waals surface area contributed by atoms with Gasteiger partial charge >= 0.3 is 5.97 Å². The van der Waals surface area contributed by atoms with Crippen molar-refractivity contribution in [2.45, 2.75) is 18.6 Å². The van der Waals surface area contributed by atoms with Gasteiger partial charge in [0.15, 0.2) is 0 Å². The molecule has 1 aromatic carbocycles. The number of esters is 1. The zero-order chi connectivity index (χ0) is 10.7. The topological polar surface area (TPSA) is 46.5 Å². The van der Waals surface area contributed by atoms with Crippen molar-refractivity contribution in [3.05, 3.63) is 48.0 Å². The fraction of sp³-hybridized carbons (Fsp3) is 0.250. The van der Waals surface area contributed by atoms with E-state index in [-0.39, 0.29) is 5.97 Å². The SMILES string of the molecule is O=C1C=C[C@@H]([C@H](O)Cc2ccccc2)O1. The van der Waals surface area contributed by atoms with Gasteiger partial charge in [-0.3, -0.25) is 0 Å². The van der Waals surface area contributed by atoms with E-state index >= 15 is 0 Å². The maximum atomic E-state index is 10.8. The molecule has 0 unspecified atom stereocenters. The first kappa shape index (κ1) is 9.93. The highest BCUT2D eigenvalue weighted by Gasteiger charge is 2.24. The second-order valence-electron chi connectivity index (χ2n) is 3.52. The minimum Gasteiger partial charge on any atom is -0.452 e. The Kier molecular flexibility index (Phi) is 2.83. The van der Waals surface area contributed by atoms with E-state index in [0.29, 0.717) is 6.42 Å². The molecular formula is C12H12O3. The van der Waals surface area contributed by atoms with Gasteiger partial charge in [0.25, 0.3) is 0 Å². The van der Waals surface area contributed by atoms with Crippen LogP contribution in [0.4, 0.5) is 0 Å². The first-order valence-corrected chi connectivity index (χ1v) is 4.86. The third kappa shape index (κ3) is 2.44. The number of hydrogen-bond donors (Lipinski definition) is 1. The lowest BCUT2D eigenvalue weighted by atomic mass is 10.0. The maximum Gasteiger partial charge on any atom is 0.331 e. The molecule has 2 atom stereocenters. The number of carbonyl (C=O) groups is 1. The highest BCUT2D eigenvalue weighted by Crippen LogP contribution is 2.13. The van der Waals surface area contributed by atoms with Gasteiger partial charge in [0.2, 0.25) is 0 Å². The molecule has 78 valence electrons. The number of aliphatic hydroxyl groups is 1. The summed E-state index contributed by atoms with van der Waals surface area (Å²) in [5, 5.41) is 9.79. The lowest BCUT2D eigenvalue weighted by Crippen LogP contribution is -2.27. The summed E-state index contributed by atoms with van der Waals surface area (Å²) in [4.78, 5) is 10.8. The van der Waals surface area contributed by atoms with E-state index in [2.05, 4.69) is 0 Å². The van der Waals surface area contributed by atoms with Crippen LogP contribution in [-0.4, -0.2) is 23.3 Å². The minimum absolute atomic E-state index is 0.382. The third-order valence-corrected chi connectivity index (χ3v) is 2.34. The van der Waals surface area contributed by atoms with Crippen LogP contribution in [0.5, 0.6) is 0 Å². The van der Waals surface area contributed by atoms with Gasteiger partial charge in [-0.2, -0.15) is 0 Å². The van der Waals surface area contributed by atoms with Crippen molar-refractivity contribution < 1.29 is 14.6 Å². The van der Waals surface area contributed by atoms with Gasteiger partial charge in [-0.1, -0.05) is 30.3 Å². The highest BCUT2D eigenvalue weighted by molar-refractivity contribution is 5.84. The van der Waals surface area contributed by atoms with E-state index in [1.165, 1.54) is 6.08 Å². The predicted octanol–water partition coefficient (Wildman–Crippen LogP) is 1.07. The molecule has 0 aliphatic carbocycles. The van der Waals surface area contributed by atoms with Crippen molar-refractivity contribution in [1.82, 2.24) is 0 Å². The molecule has 0 fully saturated rings. The molecule has 1 N–H and O–H groups in total. The fourth-order valence-electron chi connectivity index (χ4n) is 1.56. The molecule has 0 aromatic heterocycles. The van der Waals surface area contributed by atoms with Crippen molar-refractivity contribution in [1.29, 1.82) is 0 Å². The van der Waals surface area contributed by atoms with Gasteiger partial charge in [-0.05, 0) is 11.6 Å². The molecule has 0 amide bonds. The van der Waals surface area contributed by atoms with E-state index in [1.54, 1.807) is 6.08 Å². The summed E-state index contributed by atoms with van der Waals surface area (Å²) in [5.41, 5.74) is 1.03. The molecule has 2 rings (SSSR count). The lowest BCUT2D eigenvalue weighted by Gasteiger charge is -2.15. The molecule has 1 heterocycles. The van der Waals surface area contributed by atoms with E-state index in [0.717, 1.165) is 5.56 Å².